The molecule has 9 nitrogen and oxygen atoms in total. The molecule has 1 aromatic carbocycles. The summed E-state index contributed by atoms with van der Waals surface area (Å²) >= 11 is 0. The Hall–Kier alpha value is -2.49. The second-order valence-electron chi connectivity index (χ2n) is 4.06. The van der Waals surface area contributed by atoms with Crippen LogP contribution < -0.4 is 4.72 Å². The van der Waals surface area contributed by atoms with Crippen LogP contribution in [0.1, 0.15) is 11.4 Å². The van der Waals surface area contributed by atoms with Crippen LogP contribution in [-0.2, 0) is 10.0 Å². The third kappa shape index (κ3) is 2.74. The molecule has 1 aromatic heterocycles. The molecule has 0 aliphatic rings. The van der Waals surface area contributed by atoms with Crippen LogP contribution in [0.25, 0.3) is 0 Å². The molecular formula is C10H11N5O4S. The van der Waals surface area contributed by atoms with E-state index < -0.39 is 14.9 Å². The third-order valence-corrected chi connectivity index (χ3v) is 3.97. The molecule has 0 amide bonds. The first-order valence-corrected chi connectivity index (χ1v) is 6.95. The molecule has 0 saturated carbocycles. The highest BCUT2D eigenvalue weighted by molar-refractivity contribution is 7.92. The van der Waals surface area contributed by atoms with Crippen molar-refractivity contribution in [2.45, 2.75) is 18.7 Å². The number of non-ortho nitro benzene ring substituents is 1. The number of hydrogen-bond donors (Lipinski definition) is 2. The van der Waals surface area contributed by atoms with E-state index in [1.807, 2.05) is 0 Å². The van der Waals surface area contributed by atoms with Crippen LogP contribution in [0.3, 0.4) is 0 Å². The highest BCUT2D eigenvalue weighted by Gasteiger charge is 2.21. The topological polar surface area (TPSA) is 131 Å². The molecule has 0 aliphatic carbocycles. The van der Waals surface area contributed by atoms with E-state index in [9.17, 15) is 18.5 Å². The number of aromatic amines is 1. The number of nitrogens with zero attached hydrogens (tertiary/aromatic N) is 3. The van der Waals surface area contributed by atoms with Crippen LogP contribution in [0.4, 0.5) is 11.6 Å². The first kappa shape index (κ1) is 13.9. The van der Waals surface area contributed by atoms with Crippen molar-refractivity contribution in [3.05, 3.63) is 39.7 Å². The van der Waals surface area contributed by atoms with Crippen molar-refractivity contribution in [3.63, 3.8) is 0 Å². The number of sulfonamides is 1. The van der Waals surface area contributed by atoms with E-state index in [1.54, 1.807) is 13.8 Å². The Morgan fingerprint density at radius 2 is 2.05 bits per heavy atom. The standard InChI is InChI=1S/C10H11N5O4S/c1-6-3-4-8(15(16)17)5-9(6)20(18,19)14-10-11-7(2)12-13-10/h3-5H,1-2H3,(H2,11,12,13,14). The van der Waals surface area contributed by atoms with Gasteiger partial charge in [-0.3, -0.25) is 15.2 Å². The lowest BCUT2D eigenvalue weighted by molar-refractivity contribution is -0.385. The smallest absolute Gasteiger partial charge is 0.261 e. The highest BCUT2D eigenvalue weighted by Crippen LogP contribution is 2.23. The monoisotopic (exact) mass is 297 g/mol. The van der Waals surface area contributed by atoms with Gasteiger partial charge in [0.15, 0.2) is 0 Å². The normalized spacial score (nSPS) is 11.3. The molecule has 0 aliphatic heterocycles. The average Bonchev–Trinajstić information content (AvgIpc) is 2.73. The summed E-state index contributed by atoms with van der Waals surface area (Å²) in [5.41, 5.74) is 0.0810. The van der Waals surface area contributed by atoms with E-state index in [-0.39, 0.29) is 16.5 Å². The number of hydrogen-bond acceptors (Lipinski definition) is 6. The fourth-order valence-electron chi connectivity index (χ4n) is 1.56. The van der Waals surface area contributed by atoms with Crippen molar-refractivity contribution >= 4 is 21.7 Å². The van der Waals surface area contributed by atoms with E-state index in [0.717, 1.165) is 6.07 Å². The third-order valence-electron chi connectivity index (χ3n) is 2.49. The van der Waals surface area contributed by atoms with Gasteiger partial charge in [0.2, 0.25) is 0 Å². The number of aromatic nitrogens is 3. The molecule has 20 heavy (non-hydrogen) atoms. The number of rotatable bonds is 4. The Balaban J connectivity index is 2.43. The Morgan fingerprint density at radius 3 is 2.60 bits per heavy atom. The fraction of sp³-hybridized carbons (Fsp3) is 0.200. The van der Waals surface area contributed by atoms with Crippen molar-refractivity contribution in [3.8, 4) is 0 Å². The maximum atomic E-state index is 12.2. The molecule has 0 saturated heterocycles. The molecule has 1 heterocycles. The molecule has 106 valence electrons. The Kier molecular flexibility index (Phi) is 3.40. The minimum absolute atomic E-state index is 0.117. The van der Waals surface area contributed by atoms with Gasteiger partial charge in [-0.1, -0.05) is 6.07 Å². The highest BCUT2D eigenvalue weighted by atomic mass is 32.2. The largest absolute Gasteiger partial charge is 0.270 e. The molecule has 10 heteroatoms. The van der Waals surface area contributed by atoms with E-state index >= 15 is 0 Å². The van der Waals surface area contributed by atoms with Crippen LogP contribution in [0.5, 0.6) is 0 Å². The first-order chi connectivity index (χ1) is 9.29. The number of benzene rings is 1. The van der Waals surface area contributed by atoms with Gasteiger partial charge in [-0.15, -0.1) is 5.10 Å². The molecule has 0 fully saturated rings. The SMILES string of the molecule is Cc1nc(NS(=O)(=O)c2cc([N+](=O)[O-])ccc2C)n[nH]1. The van der Waals surface area contributed by atoms with Crippen molar-refractivity contribution in [2.24, 2.45) is 0 Å². The molecule has 0 radical (unpaired) electrons. The zero-order chi connectivity index (χ0) is 14.9. The van der Waals surface area contributed by atoms with Gasteiger partial charge in [-0.25, -0.2) is 13.1 Å². The lowest BCUT2D eigenvalue weighted by Crippen LogP contribution is -2.15. The maximum Gasteiger partial charge on any atom is 0.270 e. The Morgan fingerprint density at radius 1 is 1.35 bits per heavy atom. The molecule has 2 N–H and O–H groups in total. The van der Waals surface area contributed by atoms with E-state index in [4.69, 9.17) is 0 Å². The van der Waals surface area contributed by atoms with Crippen molar-refractivity contribution < 1.29 is 13.3 Å². The second-order valence-corrected chi connectivity index (χ2v) is 5.71. The van der Waals surface area contributed by atoms with Crippen LogP contribution in [0, 0.1) is 24.0 Å². The van der Waals surface area contributed by atoms with Crippen LogP contribution in [-0.4, -0.2) is 28.5 Å². The number of nitrogens with one attached hydrogen (secondary N) is 2. The van der Waals surface area contributed by atoms with Gasteiger partial charge in [0.1, 0.15) is 5.82 Å². The summed E-state index contributed by atoms with van der Waals surface area (Å²) in [6.45, 7) is 3.16. The Labute approximate surface area is 114 Å². The summed E-state index contributed by atoms with van der Waals surface area (Å²) < 4.78 is 26.5. The molecule has 0 bridgehead atoms. The number of H-pyrrole nitrogens is 1. The van der Waals surface area contributed by atoms with Gasteiger partial charge >= 0.3 is 0 Å². The molecule has 0 unspecified atom stereocenters. The predicted octanol–water partition coefficient (Wildman–Crippen LogP) is 1.13. The minimum atomic E-state index is -3.99. The van der Waals surface area contributed by atoms with Crippen LogP contribution >= 0.6 is 0 Å². The number of anilines is 1. The van der Waals surface area contributed by atoms with Crippen molar-refractivity contribution in [2.75, 3.05) is 4.72 Å². The number of aryl methyl sites for hydroxylation is 2. The second kappa shape index (κ2) is 4.89. The summed E-state index contributed by atoms with van der Waals surface area (Å²) in [7, 11) is -3.99. The van der Waals surface area contributed by atoms with Gasteiger partial charge < -0.3 is 0 Å². The average molecular weight is 297 g/mol. The van der Waals surface area contributed by atoms with Gasteiger partial charge in [0, 0.05) is 12.1 Å². The van der Waals surface area contributed by atoms with Crippen LogP contribution in [0.15, 0.2) is 23.1 Å². The quantitative estimate of drug-likeness (QED) is 0.642. The zero-order valence-electron chi connectivity index (χ0n) is 10.6. The summed E-state index contributed by atoms with van der Waals surface area (Å²) in [4.78, 5) is 13.7. The first-order valence-electron chi connectivity index (χ1n) is 5.46. The van der Waals surface area contributed by atoms with E-state index in [2.05, 4.69) is 19.9 Å². The number of nitro groups is 1. The van der Waals surface area contributed by atoms with Crippen molar-refractivity contribution in [1.82, 2.24) is 15.2 Å². The lowest BCUT2D eigenvalue weighted by atomic mass is 10.2. The molecular weight excluding hydrogens is 286 g/mol. The minimum Gasteiger partial charge on any atom is -0.261 e. The molecule has 2 aromatic rings. The van der Waals surface area contributed by atoms with Gasteiger partial charge in [0.25, 0.3) is 21.7 Å². The fourth-order valence-corrected chi connectivity index (χ4v) is 2.76. The van der Waals surface area contributed by atoms with Gasteiger partial charge in [-0.05, 0) is 19.4 Å². The lowest BCUT2D eigenvalue weighted by Gasteiger charge is -2.07. The summed E-state index contributed by atoms with van der Waals surface area (Å²) in [6.07, 6.45) is 0. The summed E-state index contributed by atoms with van der Waals surface area (Å²) in [5.74, 6) is 0.326. The molecule has 0 spiro atoms. The zero-order valence-corrected chi connectivity index (χ0v) is 11.4. The maximum absolute atomic E-state index is 12.2. The summed E-state index contributed by atoms with van der Waals surface area (Å²) in [5, 5.41) is 16.9. The van der Waals surface area contributed by atoms with E-state index in [0.29, 0.717) is 11.4 Å². The molecule has 2 rings (SSSR count). The summed E-state index contributed by atoms with van der Waals surface area (Å²) in [6, 6.07) is 3.61. The Bertz CT molecular complexity index is 768. The molecule has 0 atom stereocenters. The van der Waals surface area contributed by atoms with Crippen LogP contribution in [0.2, 0.25) is 0 Å². The number of nitro benzene ring substituents is 1. The van der Waals surface area contributed by atoms with Gasteiger partial charge in [0.05, 0.1) is 9.82 Å². The van der Waals surface area contributed by atoms with Crippen molar-refractivity contribution in [1.29, 1.82) is 0 Å². The van der Waals surface area contributed by atoms with Gasteiger partial charge in [-0.2, -0.15) is 4.98 Å². The van der Waals surface area contributed by atoms with E-state index in [1.165, 1.54) is 12.1 Å². The predicted molar refractivity (Wildman–Crippen MR) is 69.8 cm³/mol.